The van der Waals surface area contributed by atoms with Crippen LogP contribution in [-0.2, 0) is 4.74 Å². The normalized spacial score (nSPS) is 19.0. The molecule has 1 saturated heterocycles. The lowest BCUT2D eigenvalue weighted by Gasteiger charge is -2.32. The van der Waals surface area contributed by atoms with Crippen molar-refractivity contribution in [3.05, 3.63) is 60.2 Å². The monoisotopic (exact) mass is 280 g/mol. The molecular formula is C17H16N2O2. The van der Waals surface area contributed by atoms with Crippen LogP contribution in [0.25, 0.3) is 11.1 Å². The Bertz CT molecular complexity index is 706. The van der Waals surface area contributed by atoms with E-state index in [2.05, 4.69) is 22.0 Å². The lowest BCUT2D eigenvalue weighted by atomic mass is 10.1. The topological polar surface area (TPSA) is 38.5 Å². The van der Waals surface area contributed by atoms with Crippen LogP contribution in [0.4, 0.5) is 6.01 Å². The Kier molecular flexibility index (Phi) is 3.09. The fraction of sp³-hybridized carbons (Fsp3) is 0.235. The van der Waals surface area contributed by atoms with Gasteiger partial charge in [-0.25, -0.2) is 0 Å². The minimum atomic E-state index is 0.0648. The van der Waals surface area contributed by atoms with E-state index in [1.165, 1.54) is 5.56 Å². The van der Waals surface area contributed by atoms with Crippen LogP contribution in [0.1, 0.15) is 11.7 Å². The largest absolute Gasteiger partial charge is 0.423 e. The molecule has 1 aromatic heterocycles. The number of fused-ring (bicyclic) bond motifs is 1. The number of ether oxygens (including phenoxy) is 1. The van der Waals surface area contributed by atoms with Crippen molar-refractivity contribution < 1.29 is 9.15 Å². The summed E-state index contributed by atoms with van der Waals surface area (Å²) in [7, 11) is 0. The van der Waals surface area contributed by atoms with Crippen LogP contribution < -0.4 is 4.90 Å². The van der Waals surface area contributed by atoms with Crippen LogP contribution in [0.15, 0.2) is 59.0 Å². The predicted octanol–water partition coefficient (Wildman–Crippen LogP) is 3.41. The van der Waals surface area contributed by atoms with Crippen LogP contribution in [-0.4, -0.2) is 24.7 Å². The van der Waals surface area contributed by atoms with Gasteiger partial charge in [-0.3, -0.25) is 0 Å². The van der Waals surface area contributed by atoms with Crippen molar-refractivity contribution in [3.8, 4) is 0 Å². The third kappa shape index (κ3) is 2.38. The Labute approximate surface area is 123 Å². The third-order valence-electron chi connectivity index (χ3n) is 3.79. The molecule has 106 valence electrons. The van der Waals surface area contributed by atoms with Gasteiger partial charge >= 0.3 is 0 Å². The van der Waals surface area contributed by atoms with Crippen molar-refractivity contribution in [2.24, 2.45) is 0 Å². The molecule has 4 nitrogen and oxygen atoms in total. The number of benzene rings is 2. The van der Waals surface area contributed by atoms with Crippen LogP contribution >= 0.6 is 0 Å². The molecule has 2 heterocycles. The van der Waals surface area contributed by atoms with Crippen molar-refractivity contribution >= 4 is 17.1 Å². The van der Waals surface area contributed by atoms with Gasteiger partial charge < -0.3 is 14.1 Å². The SMILES string of the molecule is c1ccc([C@@H]2CN(c3nc4ccccc4o3)CCO2)cc1. The summed E-state index contributed by atoms with van der Waals surface area (Å²) in [5, 5.41) is 0. The molecule has 2 aromatic carbocycles. The van der Waals surface area contributed by atoms with Gasteiger partial charge in [-0.15, -0.1) is 0 Å². The Morgan fingerprint density at radius 1 is 1.00 bits per heavy atom. The molecule has 4 rings (SSSR count). The van der Waals surface area contributed by atoms with Crippen LogP contribution in [0.3, 0.4) is 0 Å². The maximum Gasteiger partial charge on any atom is 0.298 e. The smallest absolute Gasteiger partial charge is 0.298 e. The number of hydrogen-bond acceptors (Lipinski definition) is 4. The van der Waals surface area contributed by atoms with Crippen molar-refractivity contribution in [1.29, 1.82) is 0 Å². The fourth-order valence-corrected chi connectivity index (χ4v) is 2.69. The summed E-state index contributed by atoms with van der Waals surface area (Å²) in [6, 6.07) is 18.8. The first kappa shape index (κ1) is 12.4. The number of para-hydroxylation sites is 2. The molecule has 1 atom stereocenters. The Balaban J connectivity index is 1.60. The van der Waals surface area contributed by atoms with Crippen molar-refractivity contribution in [3.63, 3.8) is 0 Å². The van der Waals surface area contributed by atoms with Crippen LogP contribution in [0.5, 0.6) is 0 Å². The van der Waals surface area contributed by atoms with Crippen LogP contribution in [0.2, 0.25) is 0 Å². The molecule has 0 saturated carbocycles. The highest BCUT2D eigenvalue weighted by atomic mass is 16.5. The molecule has 0 aliphatic carbocycles. The van der Waals surface area contributed by atoms with E-state index in [1.807, 2.05) is 42.5 Å². The van der Waals surface area contributed by atoms with Gasteiger partial charge in [0.25, 0.3) is 6.01 Å². The molecule has 0 radical (unpaired) electrons. The number of rotatable bonds is 2. The molecule has 0 amide bonds. The molecule has 1 aliphatic rings. The average Bonchev–Trinajstić information content (AvgIpc) is 3.00. The van der Waals surface area contributed by atoms with Gasteiger partial charge in [-0.1, -0.05) is 42.5 Å². The number of nitrogens with zero attached hydrogens (tertiary/aromatic N) is 2. The van der Waals surface area contributed by atoms with E-state index in [9.17, 15) is 0 Å². The summed E-state index contributed by atoms with van der Waals surface area (Å²) in [5.74, 6) is 0. The summed E-state index contributed by atoms with van der Waals surface area (Å²) in [6.07, 6.45) is 0.0648. The number of hydrogen-bond donors (Lipinski definition) is 0. The molecule has 0 unspecified atom stereocenters. The molecule has 4 heteroatoms. The van der Waals surface area contributed by atoms with Gasteiger partial charge in [0, 0.05) is 6.54 Å². The third-order valence-corrected chi connectivity index (χ3v) is 3.79. The fourth-order valence-electron chi connectivity index (χ4n) is 2.69. The van der Waals surface area contributed by atoms with E-state index in [-0.39, 0.29) is 6.10 Å². The molecule has 0 bridgehead atoms. The first-order valence-electron chi connectivity index (χ1n) is 7.17. The first-order chi connectivity index (χ1) is 10.4. The number of morpholine rings is 1. The minimum Gasteiger partial charge on any atom is -0.423 e. The first-order valence-corrected chi connectivity index (χ1v) is 7.17. The zero-order valence-corrected chi connectivity index (χ0v) is 11.6. The molecule has 0 N–H and O–H groups in total. The zero-order valence-electron chi connectivity index (χ0n) is 11.6. The van der Waals surface area contributed by atoms with Crippen molar-refractivity contribution in [2.45, 2.75) is 6.10 Å². The highest BCUT2D eigenvalue weighted by molar-refractivity contribution is 5.74. The lowest BCUT2D eigenvalue weighted by molar-refractivity contribution is 0.0381. The van der Waals surface area contributed by atoms with E-state index in [0.717, 1.165) is 24.2 Å². The molecule has 21 heavy (non-hydrogen) atoms. The maximum atomic E-state index is 5.88. The standard InChI is InChI=1S/C17H16N2O2/c1-2-6-13(7-3-1)16-12-19(10-11-20-16)17-18-14-8-4-5-9-15(14)21-17/h1-9,16H,10-12H2/t16-/m0/s1. The Morgan fingerprint density at radius 2 is 1.81 bits per heavy atom. The maximum absolute atomic E-state index is 5.88. The molecule has 1 aliphatic heterocycles. The highest BCUT2D eigenvalue weighted by Crippen LogP contribution is 2.27. The molecule has 3 aromatic rings. The van der Waals surface area contributed by atoms with E-state index in [0.29, 0.717) is 12.6 Å². The van der Waals surface area contributed by atoms with E-state index in [1.54, 1.807) is 0 Å². The summed E-state index contributed by atoms with van der Waals surface area (Å²) >= 11 is 0. The van der Waals surface area contributed by atoms with Crippen LogP contribution in [0, 0.1) is 0 Å². The summed E-state index contributed by atoms with van der Waals surface area (Å²) in [5.41, 5.74) is 2.92. The summed E-state index contributed by atoms with van der Waals surface area (Å²) in [6.45, 7) is 2.24. The quantitative estimate of drug-likeness (QED) is 0.721. The van der Waals surface area contributed by atoms with Crippen molar-refractivity contribution in [1.82, 2.24) is 4.98 Å². The number of oxazole rings is 1. The van der Waals surface area contributed by atoms with E-state index in [4.69, 9.17) is 9.15 Å². The van der Waals surface area contributed by atoms with Gasteiger partial charge in [0.15, 0.2) is 5.58 Å². The van der Waals surface area contributed by atoms with E-state index < -0.39 is 0 Å². The molecule has 0 spiro atoms. The van der Waals surface area contributed by atoms with E-state index >= 15 is 0 Å². The molecular weight excluding hydrogens is 264 g/mol. The Morgan fingerprint density at radius 3 is 2.67 bits per heavy atom. The van der Waals surface area contributed by atoms with Gasteiger partial charge in [-0.05, 0) is 17.7 Å². The van der Waals surface area contributed by atoms with Gasteiger partial charge in [-0.2, -0.15) is 4.98 Å². The zero-order chi connectivity index (χ0) is 14.1. The van der Waals surface area contributed by atoms with Gasteiger partial charge in [0.1, 0.15) is 11.6 Å². The second kappa shape index (κ2) is 5.22. The number of anilines is 1. The summed E-state index contributed by atoms with van der Waals surface area (Å²) < 4.78 is 11.7. The number of aromatic nitrogens is 1. The highest BCUT2D eigenvalue weighted by Gasteiger charge is 2.25. The minimum absolute atomic E-state index is 0.0648. The molecule has 1 fully saturated rings. The Hall–Kier alpha value is -2.33. The van der Waals surface area contributed by atoms with Gasteiger partial charge in [0.05, 0.1) is 13.2 Å². The predicted molar refractivity (Wildman–Crippen MR) is 81.4 cm³/mol. The summed E-state index contributed by atoms with van der Waals surface area (Å²) in [4.78, 5) is 6.72. The second-order valence-electron chi connectivity index (χ2n) is 5.18. The van der Waals surface area contributed by atoms with Gasteiger partial charge in [0.2, 0.25) is 0 Å². The lowest BCUT2D eigenvalue weighted by Crippen LogP contribution is -2.38. The average molecular weight is 280 g/mol. The second-order valence-corrected chi connectivity index (χ2v) is 5.18. The van der Waals surface area contributed by atoms with Crippen molar-refractivity contribution in [2.75, 3.05) is 24.6 Å².